The maximum Gasteiger partial charge on any atom is -0.00179 e. The molecule has 0 saturated heterocycles. The monoisotopic (exact) mass is 198 g/mol. The molecule has 84 valence electrons. The minimum Gasteiger partial charge on any atom is -0.330 e. The van der Waals surface area contributed by atoms with Crippen LogP contribution < -0.4 is 11.1 Å². The summed E-state index contributed by atoms with van der Waals surface area (Å²) in [7, 11) is 0. The van der Waals surface area contributed by atoms with Crippen LogP contribution in [0.5, 0.6) is 0 Å². The third kappa shape index (κ3) is 4.97. The highest BCUT2D eigenvalue weighted by atomic mass is 14.9. The summed E-state index contributed by atoms with van der Waals surface area (Å²) in [6.45, 7) is 7.92. The summed E-state index contributed by atoms with van der Waals surface area (Å²) in [5.74, 6) is 2.77. The van der Waals surface area contributed by atoms with E-state index in [1.54, 1.807) is 0 Å². The van der Waals surface area contributed by atoms with Gasteiger partial charge >= 0.3 is 0 Å². The van der Waals surface area contributed by atoms with Gasteiger partial charge in [0.2, 0.25) is 0 Å². The fraction of sp³-hybridized carbons (Fsp3) is 1.00. The van der Waals surface area contributed by atoms with Crippen molar-refractivity contribution < 1.29 is 0 Å². The molecular formula is C12H26N2. The lowest BCUT2D eigenvalue weighted by molar-refractivity contribution is 0.465. The van der Waals surface area contributed by atoms with Crippen molar-refractivity contribution >= 4 is 0 Å². The van der Waals surface area contributed by atoms with Crippen molar-refractivity contribution in [3.8, 4) is 0 Å². The Kier molecular flexibility index (Phi) is 5.49. The van der Waals surface area contributed by atoms with E-state index in [9.17, 15) is 0 Å². The van der Waals surface area contributed by atoms with Crippen LogP contribution in [0.25, 0.3) is 0 Å². The number of hydrogen-bond acceptors (Lipinski definition) is 2. The van der Waals surface area contributed by atoms with Crippen LogP contribution in [0.15, 0.2) is 0 Å². The minimum atomic E-state index is 0.807. The molecule has 0 aromatic carbocycles. The van der Waals surface area contributed by atoms with Crippen molar-refractivity contribution in [3.05, 3.63) is 0 Å². The molecule has 0 radical (unpaired) electrons. The van der Waals surface area contributed by atoms with Gasteiger partial charge in [-0.25, -0.2) is 0 Å². The van der Waals surface area contributed by atoms with Gasteiger partial charge in [0, 0.05) is 0 Å². The van der Waals surface area contributed by atoms with Gasteiger partial charge in [-0.15, -0.1) is 0 Å². The van der Waals surface area contributed by atoms with Crippen LogP contribution in [0.1, 0.15) is 39.5 Å². The summed E-state index contributed by atoms with van der Waals surface area (Å²) < 4.78 is 0. The van der Waals surface area contributed by atoms with Gasteiger partial charge in [-0.2, -0.15) is 0 Å². The van der Waals surface area contributed by atoms with Crippen LogP contribution in [0.3, 0.4) is 0 Å². The summed E-state index contributed by atoms with van der Waals surface area (Å²) in [4.78, 5) is 0. The lowest BCUT2D eigenvalue weighted by atomic mass is 10.0. The Balaban J connectivity index is 1.79. The zero-order valence-corrected chi connectivity index (χ0v) is 9.76. The molecule has 0 amide bonds. The summed E-state index contributed by atoms with van der Waals surface area (Å²) in [5, 5.41) is 3.54. The van der Waals surface area contributed by atoms with E-state index >= 15 is 0 Å². The van der Waals surface area contributed by atoms with E-state index in [-0.39, 0.29) is 0 Å². The summed E-state index contributed by atoms with van der Waals surface area (Å²) >= 11 is 0. The third-order valence-electron chi connectivity index (χ3n) is 3.39. The molecule has 1 fully saturated rings. The highest BCUT2D eigenvalue weighted by Gasteiger charge is 2.31. The molecule has 0 bridgehead atoms. The maximum absolute atomic E-state index is 5.51. The molecule has 2 nitrogen and oxygen atoms in total. The molecule has 0 heterocycles. The molecule has 1 aliphatic rings. The Labute approximate surface area is 88.6 Å². The molecule has 3 N–H and O–H groups in total. The van der Waals surface area contributed by atoms with Crippen LogP contribution >= 0.6 is 0 Å². The first-order valence-corrected chi connectivity index (χ1v) is 6.14. The van der Waals surface area contributed by atoms with Crippen LogP contribution in [-0.2, 0) is 0 Å². The molecule has 1 rings (SSSR count). The van der Waals surface area contributed by atoms with Gasteiger partial charge in [-0.1, -0.05) is 13.8 Å². The zero-order chi connectivity index (χ0) is 10.4. The van der Waals surface area contributed by atoms with E-state index in [0.717, 1.165) is 24.3 Å². The van der Waals surface area contributed by atoms with E-state index in [1.165, 1.54) is 38.8 Å². The topological polar surface area (TPSA) is 38.0 Å². The quantitative estimate of drug-likeness (QED) is 0.585. The molecule has 0 aromatic rings. The second-order valence-corrected chi connectivity index (χ2v) is 5.00. The van der Waals surface area contributed by atoms with Gasteiger partial charge < -0.3 is 11.1 Å². The molecule has 14 heavy (non-hydrogen) atoms. The first-order valence-electron chi connectivity index (χ1n) is 6.14. The summed E-state index contributed by atoms with van der Waals surface area (Å²) in [5.41, 5.74) is 5.51. The SMILES string of the molecule is CC(CCN)CCCNCC1CC1C. The van der Waals surface area contributed by atoms with Gasteiger partial charge in [0.1, 0.15) is 0 Å². The molecule has 2 heteroatoms. The standard InChI is InChI=1S/C12H26N2/c1-10(5-6-13)4-3-7-14-9-12-8-11(12)2/h10-12,14H,3-9,13H2,1-2H3. The Morgan fingerprint density at radius 3 is 2.71 bits per heavy atom. The second-order valence-electron chi connectivity index (χ2n) is 5.00. The molecule has 1 saturated carbocycles. The third-order valence-corrected chi connectivity index (χ3v) is 3.39. The molecule has 3 unspecified atom stereocenters. The Morgan fingerprint density at radius 2 is 2.14 bits per heavy atom. The van der Waals surface area contributed by atoms with Crippen molar-refractivity contribution in [2.45, 2.75) is 39.5 Å². The maximum atomic E-state index is 5.51. The molecular weight excluding hydrogens is 172 g/mol. The van der Waals surface area contributed by atoms with E-state index in [1.807, 2.05) is 0 Å². The van der Waals surface area contributed by atoms with Gasteiger partial charge in [0.25, 0.3) is 0 Å². The van der Waals surface area contributed by atoms with Crippen LogP contribution in [0.2, 0.25) is 0 Å². The summed E-state index contributed by atoms with van der Waals surface area (Å²) in [6, 6.07) is 0. The normalized spacial score (nSPS) is 27.6. The number of rotatable bonds is 8. The average molecular weight is 198 g/mol. The zero-order valence-electron chi connectivity index (χ0n) is 9.76. The molecule has 0 spiro atoms. The lowest BCUT2D eigenvalue weighted by Gasteiger charge is -2.09. The largest absolute Gasteiger partial charge is 0.330 e. The molecule has 0 aliphatic heterocycles. The first kappa shape index (κ1) is 12.0. The molecule has 3 atom stereocenters. The Morgan fingerprint density at radius 1 is 1.43 bits per heavy atom. The van der Waals surface area contributed by atoms with Crippen molar-refractivity contribution in [1.29, 1.82) is 0 Å². The number of hydrogen-bond donors (Lipinski definition) is 2. The van der Waals surface area contributed by atoms with Crippen LogP contribution in [0, 0.1) is 17.8 Å². The predicted molar refractivity (Wildman–Crippen MR) is 62.2 cm³/mol. The average Bonchev–Trinajstić information content (AvgIpc) is 2.82. The van der Waals surface area contributed by atoms with E-state index in [4.69, 9.17) is 5.73 Å². The van der Waals surface area contributed by atoms with Crippen molar-refractivity contribution in [2.24, 2.45) is 23.5 Å². The van der Waals surface area contributed by atoms with Gasteiger partial charge in [-0.05, 0) is 63.1 Å². The molecule has 0 aromatic heterocycles. The highest BCUT2D eigenvalue weighted by Crippen LogP contribution is 2.36. The fourth-order valence-corrected chi connectivity index (χ4v) is 1.98. The van der Waals surface area contributed by atoms with Gasteiger partial charge in [0.15, 0.2) is 0 Å². The Bertz CT molecular complexity index is 147. The van der Waals surface area contributed by atoms with Crippen LogP contribution in [0.4, 0.5) is 0 Å². The van der Waals surface area contributed by atoms with Gasteiger partial charge in [0.05, 0.1) is 0 Å². The first-order chi connectivity index (χ1) is 6.74. The van der Waals surface area contributed by atoms with E-state index in [2.05, 4.69) is 19.2 Å². The minimum absolute atomic E-state index is 0.807. The second kappa shape index (κ2) is 6.41. The smallest absolute Gasteiger partial charge is 0.00179 e. The lowest BCUT2D eigenvalue weighted by Crippen LogP contribution is -2.19. The van der Waals surface area contributed by atoms with Crippen molar-refractivity contribution in [3.63, 3.8) is 0 Å². The number of nitrogens with two attached hydrogens (primary N) is 1. The van der Waals surface area contributed by atoms with Gasteiger partial charge in [-0.3, -0.25) is 0 Å². The summed E-state index contributed by atoms with van der Waals surface area (Å²) in [6.07, 6.45) is 5.25. The van der Waals surface area contributed by atoms with Crippen molar-refractivity contribution in [1.82, 2.24) is 5.32 Å². The predicted octanol–water partition coefficient (Wildman–Crippen LogP) is 2.00. The Hall–Kier alpha value is -0.0800. The van der Waals surface area contributed by atoms with E-state index in [0.29, 0.717) is 0 Å². The van der Waals surface area contributed by atoms with E-state index < -0.39 is 0 Å². The van der Waals surface area contributed by atoms with Crippen molar-refractivity contribution in [2.75, 3.05) is 19.6 Å². The van der Waals surface area contributed by atoms with Crippen LogP contribution in [-0.4, -0.2) is 19.6 Å². The highest BCUT2D eigenvalue weighted by molar-refractivity contribution is 4.83. The molecule has 1 aliphatic carbocycles. The number of nitrogens with one attached hydrogen (secondary N) is 1. The fourth-order valence-electron chi connectivity index (χ4n) is 1.98.